The minimum Gasteiger partial charge on any atom is -0.394 e. The number of amides is 1. The first-order chi connectivity index (χ1) is 36.8. The van der Waals surface area contributed by atoms with Crippen LogP contribution in [-0.4, -0.2) is 87.5 Å². The van der Waals surface area contributed by atoms with Gasteiger partial charge < -0.3 is 40.3 Å². The van der Waals surface area contributed by atoms with E-state index in [0.29, 0.717) is 6.42 Å². The van der Waals surface area contributed by atoms with E-state index in [-0.39, 0.29) is 12.5 Å². The van der Waals surface area contributed by atoms with Gasteiger partial charge in [-0.25, -0.2) is 0 Å². The van der Waals surface area contributed by atoms with E-state index in [1.165, 1.54) is 218 Å². The Morgan fingerprint density at radius 3 is 1.20 bits per heavy atom. The van der Waals surface area contributed by atoms with Crippen LogP contribution in [0.2, 0.25) is 0 Å². The smallest absolute Gasteiger partial charge is 0.220 e. The van der Waals surface area contributed by atoms with Crippen molar-refractivity contribution in [3.8, 4) is 0 Å². The Bertz CT molecular complexity index is 1360. The number of nitrogens with one attached hydrogen (secondary N) is 1. The predicted octanol–water partition coefficient (Wildman–Crippen LogP) is 16.6. The second-order valence-corrected chi connectivity index (χ2v) is 22.2. The van der Waals surface area contributed by atoms with E-state index in [1.54, 1.807) is 6.08 Å². The molecule has 1 amide bonds. The molecule has 1 saturated heterocycles. The maximum atomic E-state index is 13.1. The summed E-state index contributed by atoms with van der Waals surface area (Å²) in [5, 5.41) is 54.5. The monoisotopic (exact) mass is 1060 g/mol. The second kappa shape index (κ2) is 55.2. The van der Waals surface area contributed by atoms with E-state index in [9.17, 15) is 30.3 Å². The van der Waals surface area contributed by atoms with Crippen molar-refractivity contribution in [2.45, 2.75) is 339 Å². The summed E-state index contributed by atoms with van der Waals surface area (Å²) in [6.07, 6.45) is 69.0. The highest BCUT2D eigenvalue weighted by atomic mass is 16.7. The normalized spacial score (nSPS) is 19.3. The van der Waals surface area contributed by atoms with E-state index < -0.39 is 49.5 Å². The lowest BCUT2D eigenvalue weighted by Gasteiger charge is -2.40. The molecule has 1 fully saturated rings. The van der Waals surface area contributed by atoms with Crippen LogP contribution in [0.15, 0.2) is 60.8 Å². The molecular formula is C66H121NO8. The van der Waals surface area contributed by atoms with Gasteiger partial charge in [-0.2, -0.15) is 0 Å². The highest BCUT2D eigenvalue weighted by molar-refractivity contribution is 5.76. The molecule has 0 spiro atoms. The van der Waals surface area contributed by atoms with E-state index in [0.717, 1.165) is 57.8 Å². The van der Waals surface area contributed by atoms with Gasteiger partial charge in [0.05, 0.1) is 25.4 Å². The minimum absolute atomic E-state index is 0.189. The molecule has 1 heterocycles. The zero-order chi connectivity index (χ0) is 54.3. The predicted molar refractivity (Wildman–Crippen MR) is 318 cm³/mol. The Labute approximate surface area is 462 Å². The standard InChI is InChI=1S/C66H121NO8/c1-3-5-7-9-11-13-15-17-19-20-21-22-23-24-25-26-27-28-29-30-31-32-33-34-35-36-37-38-39-40-42-44-46-48-50-52-54-56-62(70)67-59(58-74-66-65(73)64(72)63(71)61(57-68)75-66)60(69)55-53-51-49-47-45-43-41-18-16-14-12-10-8-6-4-2/h16,18,25-26,28-29,45,47,53,55,59-61,63-66,68-69,71-73H,3-15,17,19-24,27,30-44,46,48-52,54,56-58H2,1-2H3,(H,67,70)/b18-16+,26-25-,29-28-,47-45+,55-53+. The molecule has 1 aliphatic rings. The number of aliphatic hydroxyl groups is 5. The largest absolute Gasteiger partial charge is 0.394 e. The number of rotatable bonds is 55. The molecule has 0 saturated carbocycles. The molecule has 0 radical (unpaired) electrons. The zero-order valence-electron chi connectivity index (χ0n) is 48.8. The maximum Gasteiger partial charge on any atom is 0.220 e. The van der Waals surface area contributed by atoms with E-state index in [4.69, 9.17) is 9.47 Å². The third-order valence-electron chi connectivity index (χ3n) is 15.0. The average Bonchev–Trinajstić information content (AvgIpc) is 3.41. The lowest BCUT2D eigenvalue weighted by molar-refractivity contribution is -0.302. The fourth-order valence-corrected chi connectivity index (χ4v) is 9.99. The van der Waals surface area contributed by atoms with Crippen molar-refractivity contribution in [3.05, 3.63) is 60.8 Å². The molecule has 0 bridgehead atoms. The molecule has 0 aromatic carbocycles. The Balaban J connectivity index is 2.09. The first-order valence-corrected chi connectivity index (χ1v) is 32.0. The Kier molecular flexibility index (Phi) is 52.2. The third-order valence-corrected chi connectivity index (χ3v) is 15.0. The Morgan fingerprint density at radius 1 is 0.453 bits per heavy atom. The molecule has 1 aliphatic heterocycles. The topological polar surface area (TPSA) is 149 Å². The fraction of sp³-hybridized carbons (Fsp3) is 0.833. The van der Waals surface area contributed by atoms with Crippen LogP contribution in [0, 0.1) is 0 Å². The second-order valence-electron chi connectivity index (χ2n) is 22.2. The van der Waals surface area contributed by atoms with E-state index in [1.807, 2.05) is 6.08 Å². The number of allylic oxidation sites excluding steroid dienone is 9. The molecule has 7 unspecified atom stereocenters. The van der Waals surface area contributed by atoms with Gasteiger partial charge in [0.2, 0.25) is 5.91 Å². The first-order valence-electron chi connectivity index (χ1n) is 32.0. The summed E-state index contributed by atoms with van der Waals surface area (Å²) < 4.78 is 11.2. The molecule has 7 atom stereocenters. The molecule has 1 rings (SSSR count). The van der Waals surface area contributed by atoms with Gasteiger partial charge in [-0.15, -0.1) is 0 Å². The summed E-state index contributed by atoms with van der Waals surface area (Å²) in [6, 6.07) is -0.829. The molecule has 9 nitrogen and oxygen atoms in total. The van der Waals surface area contributed by atoms with Gasteiger partial charge in [-0.05, 0) is 77.0 Å². The molecule has 9 heteroatoms. The Hall–Kier alpha value is -2.11. The lowest BCUT2D eigenvalue weighted by atomic mass is 9.99. The van der Waals surface area contributed by atoms with Gasteiger partial charge in [-0.1, -0.05) is 274 Å². The van der Waals surface area contributed by atoms with Crippen molar-refractivity contribution in [1.82, 2.24) is 5.32 Å². The van der Waals surface area contributed by atoms with Crippen molar-refractivity contribution in [3.63, 3.8) is 0 Å². The van der Waals surface area contributed by atoms with Gasteiger partial charge >= 0.3 is 0 Å². The molecule has 75 heavy (non-hydrogen) atoms. The van der Waals surface area contributed by atoms with Crippen LogP contribution in [0.3, 0.4) is 0 Å². The first kappa shape index (κ1) is 70.9. The van der Waals surface area contributed by atoms with Crippen LogP contribution in [0.1, 0.15) is 296 Å². The SMILES string of the molecule is CCCCCCC/C=C/CC/C=C/CC/C=C/C(O)C(COC1OC(CO)C(O)C(O)C1O)NC(=O)CCCCCCCCCCCCCCCCCCC/C=C\C/C=C\CCCCCCCCCCCCCCC. The minimum atomic E-state index is -1.58. The summed E-state index contributed by atoms with van der Waals surface area (Å²) >= 11 is 0. The van der Waals surface area contributed by atoms with Crippen LogP contribution in [-0.2, 0) is 14.3 Å². The quantitative estimate of drug-likeness (QED) is 0.0261. The summed E-state index contributed by atoms with van der Waals surface area (Å²) in [6.45, 7) is 3.76. The summed E-state index contributed by atoms with van der Waals surface area (Å²) in [7, 11) is 0. The number of unbranched alkanes of at least 4 members (excludes halogenated alkanes) is 37. The fourth-order valence-electron chi connectivity index (χ4n) is 9.99. The number of hydrogen-bond acceptors (Lipinski definition) is 8. The third kappa shape index (κ3) is 44.4. The maximum absolute atomic E-state index is 13.1. The zero-order valence-corrected chi connectivity index (χ0v) is 48.8. The molecular weight excluding hydrogens is 935 g/mol. The highest BCUT2D eigenvalue weighted by Crippen LogP contribution is 2.23. The van der Waals surface area contributed by atoms with Crippen molar-refractivity contribution in [1.29, 1.82) is 0 Å². The summed E-state index contributed by atoms with van der Waals surface area (Å²) in [4.78, 5) is 13.1. The number of carbonyl (C=O) groups excluding carboxylic acids is 1. The average molecular weight is 1060 g/mol. The molecule has 6 N–H and O–H groups in total. The molecule has 0 aliphatic carbocycles. The van der Waals surface area contributed by atoms with Gasteiger partial charge in [0.1, 0.15) is 24.4 Å². The van der Waals surface area contributed by atoms with Gasteiger partial charge in [0.15, 0.2) is 6.29 Å². The Morgan fingerprint density at radius 2 is 0.800 bits per heavy atom. The van der Waals surface area contributed by atoms with Crippen molar-refractivity contribution < 1.29 is 39.8 Å². The number of ether oxygens (including phenoxy) is 2. The van der Waals surface area contributed by atoms with Crippen LogP contribution >= 0.6 is 0 Å². The van der Waals surface area contributed by atoms with Crippen LogP contribution in [0.25, 0.3) is 0 Å². The summed E-state index contributed by atoms with van der Waals surface area (Å²) in [5.41, 5.74) is 0. The van der Waals surface area contributed by atoms with Crippen LogP contribution in [0.4, 0.5) is 0 Å². The lowest BCUT2D eigenvalue weighted by Crippen LogP contribution is -2.60. The molecule has 0 aromatic rings. The molecule has 0 aromatic heterocycles. The van der Waals surface area contributed by atoms with Gasteiger partial charge in [-0.3, -0.25) is 4.79 Å². The van der Waals surface area contributed by atoms with Gasteiger partial charge in [0.25, 0.3) is 0 Å². The van der Waals surface area contributed by atoms with E-state index in [2.05, 4.69) is 67.8 Å². The van der Waals surface area contributed by atoms with Crippen molar-refractivity contribution in [2.24, 2.45) is 0 Å². The number of hydrogen-bond donors (Lipinski definition) is 6. The summed E-state index contributed by atoms with van der Waals surface area (Å²) in [5.74, 6) is -0.189. The van der Waals surface area contributed by atoms with E-state index >= 15 is 0 Å². The van der Waals surface area contributed by atoms with Crippen molar-refractivity contribution >= 4 is 5.91 Å². The van der Waals surface area contributed by atoms with Gasteiger partial charge in [0, 0.05) is 6.42 Å². The number of aliphatic hydroxyl groups excluding tert-OH is 5. The highest BCUT2D eigenvalue weighted by Gasteiger charge is 2.44. The molecule has 438 valence electrons. The van der Waals surface area contributed by atoms with Crippen LogP contribution < -0.4 is 5.32 Å². The van der Waals surface area contributed by atoms with Crippen molar-refractivity contribution in [2.75, 3.05) is 13.2 Å². The number of carbonyl (C=O) groups is 1. The van der Waals surface area contributed by atoms with Crippen LogP contribution in [0.5, 0.6) is 0 Å².